The fourth-order valence-electron chi connectivity index (χ4n) is 5.06. The lowest BCUT2D eigenvalue weighted by Gasteiger charge is -2.26. The van der Waals surface area contributed by atoms with Gasteiger partial charge in [0.05, 0.1) is 6.04 Å². The lowest BCUT2D eigenvalue weighted by atomic mass is 9.87. The van der Waals surface area contributed by atoms with Crippen LogP contribution in [-0.4, -0.2) is 34.4 Å². The molecule has 1 aliphatic carbocycles. The molecule has 1 aliphatic heterocycles. The van der Waals surface area contributed by atoms with Crippen LogP contribution < -0.4 is 10.7 Å². The molecule has 1 aromatic carbocycles. The highest BCUT2D eigenvalue weighted by Gasteiger charge is 2.27. The number of carbonyl (C=O) groups is 2. The molecule has 0 saturated carbocycles. The van der Waals surface area contributed by atoms with E-state index in [2.05, 4.69) is 31.3 Å². The summed E-state index contributed by atoms with van der Waals surface area (Å²) < 4.78 is 1.83. The Morgan fingerprint density at radius 1 is 1.00 bits per heavy atom. The number of amides is 2. The van der Waals surface area contributed by atoms with E-state index in [0.717, 1.165) is 50.5 Å². The summed E-state index contributed by atoms with van der Waals surface area (Å²) in [5, 5.41) is 3.09. The van der Waals surface area contributed by atoms with Crippen LogP contribution in [-0.2, 0) is 13.0 Å². The van der Waals surface area contributed by atoms with E-state index >= 15 is 0 Å². The number of fused-ring (bicyclic) bond motifs is 1. The monoisotopic (exact) mass is 449 g/mol. The zero-order valence-corrected chi connectivity index (χ0v) is 19.8. The van der Waals surface area contributed by atoms with Crippen molar-refractivity contribution in [2.75, 3.05) is 13.1 Å². The fraction of sp³-hybridized carbons (Fsp3) is 0.519. The van der Waals surface area contributed by atoms with E-state index in [9.17, 15) is 14.4 Å². The summed E-state index contributed by atoms with van der Waals surface area (Å²) in [5.41, 5.74) is 2.06. The largest absolute Gasteiger partial charge is 0.352 e. The van der Waals surface area contributed by atoms with Crippen LogP contribution >= 0.6 is 0 Å². The van der Waals surface area contributed by atoms with Crippen LogP contribution in [0.3, 0.4) is 0 Å². The number of hydrogen-bond donors (Lipinski definition) is 1. The first-order chi connectivity index (χ1) is 15.9. The highest BCUT2D eigenvalue weighted by Crippen LogP contribution is 2.29. The Balaban J connectivity index is 1.65. The molecule has 2 heterocycles. The van der Waals surface area contributed by atoms with Crippen molar-refractivity contribution in [3.8, 4) is 0 Å². The summed E-state index contributed by atoms with van der Waals surface area (Å²) in [7, 11) is 0. The molecule has 2 amide bonds. The minimum atomic E-state index is -0.467. The SMILES string of the molecule is CC(C)Cn1cc(C(=O)NC2CCCc3ccccc32)c(=O)c(C(=O)N2CCCCCC2)c1. The number of nitrogens with one attached hydrogen (secondary N) is 1. The Morgan fingerprint density at radius 2 is 1.70 bits per heavy atom. The van der Waals surface area contributed by atoms with E-state index in [0.29, 0.717) is 25.6 Å². The summed E-state index contributed by atoms with van der Waals surface area (Å²) >= 11 is 0. The first kappa shape index (κ1) is 23.3. The van der Waals surface area contributed by atoms with Gasteiger partial charge in [-0.15, -0.1) is 0 Å². The van der Waals surface area contributed by atoms with Gasteiger partial charge in [-0.2, -0.15) is 0 Å². The van der Waals surface area contributed by atoms with Crippen molar-refractivity contribution in [2.24, 2.45) is 5.92 Å². The minimum absolute atomic E-state index is 0.0550. The van der Waals surface area contributed by atoms with Gasteiger partial charge in [-0.1, -0.05) is 51.0 Å². The molecule has 1 saturated heterocycles. The summed E-state index contributed by atoms with van der Waals surface area (Å²) in [5.74, 6) is -0.337. The predicted molar refractivity (Wildman–Crippen MR) is 129 cm³/mol. The smallest absolute Gasteiger partial charge is 0.259 e. The zero-order valence-electron chi connectivity index (χ0n) is 19.8. The Bertz CT molecular complexity index is 1060. The lowest BCUT2D eigenvalue weighted by molar-refractivity contribution is 0.0759. The van der Waals surface area contributed by atoms with Crippen LogP contribution in [0.2, 0.25) is 0 Å². The van der Waals surface area contributed by atoms with E-state index in [1.165, 1.54) is 5.56 Å². The summed E-state index contributed by atoms with van der Waals surface area (Å²) in [6.07, 6.45) is 10.2. The number of nitrogens with zero attached hydrogens (tertiary/aromatic N) is 2. The van der Waals surface area contributed by atoms with E-state index in [1.807, 2.05) is 16.7 Å². The van der Waals surface area contributed by atoms with Crippen LogP contribution in [0.5, 0.6) is 0 Å². The molecule has 0 bridgehead atoms. The fourth-order valence-corrected chi connectivity index (χ4v) is 5.06. The van der Waals surface area contributed by atoms with Crippen molar-refractivity contribution in [3.63, 3.8) is 0 Å². The van der Waals surface area contributed by atoms with Gasteiger partial charge in [-0.3, -0.25) is 14.4 Å². The quantitative estimate of drug-likeness (QED) is 0.739. The number of benzene rings is 1. The van der Waals surface area contributed by atoms with Gasteiger partial charge < -0.3 is 14.8 Å². The average molecular weight is 450 g/mol. The Kier molecular flexibility index (Phi) is 7.31. The van der Waals surface area contributed by atoms with Crippen LogP contribution in [0.1, 0.15) is 90.3 Å². The Labute approximate surface area is 196 Å². The molecule has 1 atom stereocenters. The lowest BCUT2D eigenvalue weighted by Crippen LogP contribution is -2.39. The number of aryl methyl sites for hydroxylation is 1. The zero-order chi connectivity index (χ0) is 23.4. The molecule has 6 nitrogen and oxygen atoms in total. The molecule has 1 N–H and O–H groups in total. The second-order valence-electron chi connectivity index (χ2n) is 9.83. The van der Waals surface area contributed by atoms with Crippen LogP contribution in [0.25, 0.3) is 0 Å². The summed E-state index contributed by atoms with van der Waals surface area (Å²) in [6, 6.07) is 8.04. The minimum Gasteiger partial charge on any atom is -0.352 e. The van der Waals surface area contributed by atoms with Crippen molar-refractivity contribution < 1.29 is 9.59 Å². The third-order valence-corrected chi connectivity index (χ3v) is 6.70. The van der Waals surface area contributed by atoms with E-state index < -0.39 is 11.3 Å². The number of aromatic nitrogens is 1. The Hall–Kier alpha value is -2.89. The third-order valence-electron chi connectivity index (χ3n) is 6.70. The second kappa shape index (κ2) is 10.4. The number of carbonyl (C=O) groups excluding carboxylic acids is 2. The normalized spacial score (nSPS) is 18.5. The number of hydrogen-bond acceptors (Lipinski definition) is 3. The molecule has 0 radical (unpaired) electrons. The molecular weight excluding hydrogens is 414 g/mol. The summed E-state index contributed by atoms with van der Waals surface area (Å²) in [6.45, 7) is 6.11. The second-order valence-corrected chi connectivity index (χ2v) is 9.83. The summed E-state index contributed by atoms with van der Waals surface area (Å²) in [4.78, 5) is 41.8. The maximum absolute atomic E-state index is 13.4. The highest BCUT2D eigenvalue weighted by atomic mass is 16.2. The van der Waals surface area contributed by atoms with Gasteiger partial charge in [0.25, 0.3) is 11.8 Å². The first-order valence-corrected chi connectivity index (χ1v) is 12.4. The van der Waals surface area contributed by atoms with Crippen molar-refractivity contribution in [1.82, 2.24) is 14.8 Å². The van der Waals surface area contributed by atoms with E-state index in [-0.39, 0.29) is 23.1 Å². The molecule has 4 rings (SSSR count). The molecular formula is C27H35N3O3. The average Bonchev–Trinajstić information content (AvgIpc) is 3.09. The molecule has 33 heavy (non-hydrogen) atoms. The molecule has 6 heteroatoms. The van der Waals surface area contributed by atoms with Crippen LogP contribution in [0.15, 0.2) is 41.5 Å². The molecule has 2 aliphatic rings. The molecule has 2 aromatic rings. The first-order valence-electron chi connectivity index (χ1n) is 12.4. The van der Waals surface area contributed by atoms with Gasteiger partial charge in [-0.25, -0.2) is 0 Å². The predicted octanol–water partition coefficient (Wildman–Crippen LogP) is 4.33. The number of likely N-dealkylation sites (tertiary alicyclic amines) is 1. The van der Waals surface area contributed by atoms with Crippen molar-refractivity contribution in [2.45, 2.75) is 71.4 Å². The van der Waals surface area contributed by atoms with Crippen LogP contribution in [0, 0.1) is 5.92 Å². The van der Waals surface area contributed by atoms with Crippen molar-refractivity contribution in [1.29, 1.82) is 0 Å². The standard InChI is InChI=1S/C27H35N3O3/c1-19(2)16-29-17-22(25(31)23(18-29)27(33)30-14-7-3-4-8-15-30)26(32)28-24-13-9-11-20-10-5-6-12-21(20)24/h5-6,10,12,17-19,24H,3-4,7-9,11,13-16H2,1-2H3,(H,28,32). The van der Waals surface area contributed by atoms with Gasteiger partial charge in [0.1, 0.15) is 11.1 Å². The maximum Gasteiger partial charge on any atom is 0.259 e. The molecule has 1 aromatic heterocycles. The van der Waals surface area contributed by atoms with Gasteiger partial charge in [0.2, 0.25) is 5.43 Å². The molecule has 1 fully saturated rings. The molecule has 176 valence electrons. The van der Waals surface area contributed by atoms with E-state index in [4.69, 9.17) is 0 Å². The highest BCUT2D eigenvalue weighted by molar-refractivity contribution is 5.99. The van der Waals surface area contributed by atoms with Crippen LogP contribution in [0.4, 0.5) is 0 Å². The van der Waals surface area contributed by atoms with Gasteiger partial charge in [0, 0.05) is 32.0 Å². The topological polar surface area (TPSA) is 71.4 Å². The molecule has 1 unspecified atom stereocenters. The van der Waals surface area contributed by atoms with Gasteiger partial charge in [-0.05, 0) is 49.1 Å². The van der Waals surface area contributed by atoms with Crippen molar-refractivity contribution >= 4 is 11.8 Å². The Morgan fingerprint density at radius 3 is 2.42 bits per heavy atom. The maximum atomic E-state index is 13.4. The van der Waals surface area contributed by atoms with Gasteiger partial charge >= 0.3 is 0 Å². The number of rotatable bonds is 5. The third kappa shape index (κ3) is 5.37. The molecule has 0 spiro atoms. The van der Waals surface area contributed by atoms with Gasteiger partial charge in [0.15, 0.2) is 0 Å². The van der Waals surface area contributed by atoms with Crippen molar-refractivity contribution in [3.05, 3.63) is 69.1 Å². The van der Waals surface area contributed by atoms with E-state index in [1.54, 1.807) is 17.3 Å². The number of pyridine rings is 1.